The van der Waals surface area contributed by atoms with Crippen molar-refractivity contribution in [3.63, 3.8) is 0 Å². The van der Waals surface area contributed by atoms with E-state index in [1.165, 1.54) is 0 Å². The molecule has 1 heterocycles. The van der Waals surface area contributed by atoms with Crippen molar-refractivity contribution in [3.8, 4) is 28.3 Å². The number of carbonyl (C=O) groups is 1. The zero-order valence-corrected chi connectivity index (χ0v) is 22.7. The van der Waals surface area contributed by atoms with E-state index in [2.05, 4.69) is 0 Å². The van der Waals surface area contributed by atoms with Crippen molar-refractivity contribution in [3.05, 3.63) is 102 Å². The molecular formula is C30H26NNaO5. The molecule has 1 N–H and O–H groups in total. The van der Waals surface area contributed by atoms with Crippen LogP contribution in [-0.2, 0) is 11.2 Å². The Kier molecular flexibility index (Phi) is 9.00. The number of carboxylic acid groups (broad SMARTS) is 1. The van der Waals surface area contributed by atoms with E-state index in [0.29, 0.717) is 36.7 Å². The summed E-state index contributed by atoms with van der Waals surface area (Å²) in [4.78, 5) is 15.7. The Morgan fingerprint density at radius 1 is 1.00 bits per heavy atom. The molecule has 3 aromatic carbocycles. The minimum Gasteiger partial charge on any atom is -0.546 e. The fraction of sp³-hybridized carbons (Fsp3) is 0.200. The van der Waals surface area contributed by atoms with Gasteiger partial charge in [-0.3, -0.25) is 0 Å². The maximum Gasteiger partial charge on any atom is 1.00 e. The molecule has 7 heteroatoms. The minimum absolute atomic E-state index is 0. The average Bonchev–Trinajstić information content (AvgIpc) is 3.34. The van der Waals surface area contributed by atoms with Crippen LogP contribution in [0.2, 0.25) is 0 Å². The van der Waals surface area contributed by atoms with Crippen LogP contribution in [0, 0.1) is 5.92 Å². The van der Waals surface area contributed by atoms with Crippen LogP contribution in [0.3, 0.4) is 0 Å². The standard InChI is InChI=1S/C30H27NO5.Na/c32-24-14-15-26(23(18-24)16-20-8-7-13-25(17-20)35-19-27(33)34)30-31-28(21-9-3-1-4-10-21)29(36-30)22-11-5-2-6-12-22;/h1-13,15,17,23-24,32H,14,16,18-19H2,(H,33,34);/q;+1/p-1/t23-,24-;/m1./s1. The molecule has 0 saturated carbocycles. The van der Waals surface area contributed by atoms with Gasteiger partial charge < -0.3 is 24.2 Å². The molecule has 0 radical (unpaired) electrons. The zero-order valence-electron chi connectivity index (χ0n) is 20.7. The van der Waals surface area contributed by atoms with Crippen molar-refractivity contribution >= 4 is 11.5 Å². The number of oxazole rings is 1. The van der Waals surface area contributed by atoms with E-state index in [9.17, 15) is 15.0 Å². The molecule has 5 rings (SSSR count). The SMILES string of the molecule is O=C([O-])COc1cccc(C[C@@H]2C[C@H](O)CC=C2c2nc(-c3ccccc3)c(-c3ccccc3)o2)c1.[Na+]. The molecule has 1 aliphatic rings. The van der Waals surface area contributed by atoms with Gasteiger partial charge in [0.25, 0.3) is 0 Å². The van der Waals surface area contributed by atoms with E-state index in [-0.39, 0.29) is 35.5 Å². The molecule has 0 aliphatic heterocycles. The summed E-state index contributed by atoms with van der Waals surface area (Å²) in [5.41, 5.74) is 4.62. The van der Waals surface area contributed by atoms with Crippen LogP contribution in [-0.4, -0.2) is 28.8 Å². The Balaban J connectivity index is 0.00000320. The van der Waals surface area contributed by atoms with Gasteiger partial charge in [-0.25, -0.2) is 4.98 Å². The predicted molar refractivity (Wildman–Crippen MR) is 135 cm³/mol. The molecule has 0 saturated heterocycles. The number of allylic oxidation sites excluding steroid dienone is 1. The van der Waals surface area contributed by atoms with E-state index in [1.54, 1.807) is 6.07 Å². The number of hydrogen-bond acceptors (Lipinski definition) is 6. The van der Waals surface area contributed by atoms with Gasteiger partial charge in [0.15, 0.2) is 5.76 Å². The summed E-state index contributed by atoms with van der Waals surface area (Å²) < 4.78 is 11.7. The van der Waals surface area contributed by atoms with Gasteiger partial charge in [-0.05, 0) is 42.9 Å². The van der Waals surface area contributed by atoms with Crippen molar-refractivity contribution in [2.45, 2.75) is 25.4 Å². The number of nitrogens with zero attached hydrogens (tertiary/aromatic N) is 1. The molecule has 182 valence electrons. The van der Waals surface area contributed by atoms with Crippen LogP contribution in [0.5, 0.6) is 5.75 Å². The van der Waals surface area contributed by atoms with Crippen molar-refractivity contribution in [2.24, 2.45) is 5.92 Å². The number of aromatic nitrogens is 1. The van der Waals surface area contributed by atoms with E-state index in [4.69, 9.17) is 14.1 Å². The molecule has 4 aromatic rings. The predicted octanol–water partition coefficient (Wildman–Crippen LogP) is 1.54. The van der Waals surface area contributed by atoms with Crippen LogP contribution in [0.15, 0.2) is 95.4 Å². The average molecular weight is 504 g/mol. The zero-order chi connectivity index (χ0) is 24.9. The number of aliphatic hydroxyl groups is 1. The number of hydrogen-bond donors (Lipinski definition) is 1. The molecule has 0 bridgehead atoms. The summed E-state index contributed by atoms with van der Waals surface area (Å²) in [7, 11) is 0. The Bertz CT molecular complexity index is 1310. The number of carboxylic acids is 1. The van der Waals surface area contributed by atoms with Crippen LogP contribution >= 0.6 is 0 Å². The maximum absolute atomic E-state index is 10.8. The smallest absolute Gasteiger partial charge is 0.546 e. The summed E-state index contributed by atoms with van der Waals surface area (Å²) in [6.07, 6.45) is 3.29. The van der Waals surface area contributed by atoms with Gasteiger partial charge in [0.1, 0.15) is 18.1 Å². The first-order valence-corrected chi connectivity index (χ1v) is 12.0. The molecule has 2 atom stereocenters. The first-order valence-electron chi connectivity index (χ1n) is 12.0. The van der Waals surface area contributed by atoms with E-state index >= 15 is 0 Å². The second-order valence-corrected chi connectivity index (χ2v) is 8.92. The number of carbonyl (C=O) groups excluding carboxylic acids is 1. The van der Waals surface area contributed by atoms with Crippen LogP contribution in [0.25, 0.3) is 28.2 Å². The molecule has 1 aliphatic carbocycles. The largest absolute Gasteiger partial charge is 1.00 e. The first-order chi connectivity index (χ1) is 17.6. The third-order valence-electron chi connectivity index (χ3n) is 6.30. The van der Waals surface area contributed by atoms with Crippen molar-refractivity contribution in [1.29, 1.82) is 0 Å². The summed E-state index contributed by atoms with van der Waals surface area (Å²) in [6, 6.07) is 27.2. The van der Waals surface area contributed by atoms with E-state index in [0.717, 1.165) is 28.0 Å². The van der Waals surface area contributed by atoms with E-state index in [1.807, 2.05) is 84.9 Å². The fourth-order valence-electron chi connectivity index (χ4n) is 4.65. The first kappa shape index (κ1) is 26.9. The van der Waals surface area contributed by atoms with Crippen molar-refractivity contribution in [1.82, 2.24) is 4.98 Å². The van der Waals surface area contributed by atoms with Crippen molar-refractivity contribution in [2.75, 3.05) is 6.61 Å². The van der Waals surface area contributed by atoms with Gasteiger partial charge in [-0.1, -0.05) is 78.9 Å². The number of benzene rings is 3. The molecule has 0 amide bonds. The summed E-state index contributed by atoms with van der Waals surface area (Å²) in [5.74, 6) is 0.422. The van der Waals surface area contributed by atoms with Gasteiger partial charge in [-0.2, -0.15) is 0 Å². The molecule has 6 nitrogen and oxygen atoms in total. The quantitative estimate of drug-likeness (QED) is 0.367. The van der Waals surface area contributed by atoms with Gasteiger partial charge in [0.05, 0.1) is 12.1 Å². The second kappa shape index (κ2) is 12.4. The number of aliphatic carboxylic acids is 1. The number of ether oxygens (including phenoxy) is 1. The fourth-order valence-corrected chi connectivity index (χ4v) is 4.65. The van der Waals surface area contributed by atoms with E-state index < -0.39 is 18.7 Å². The Morgan fingerprint density at radius 2 is 1.70 bits per heavy atom. The molecule has 0 fully saturated rings. The normalized spacial score (nSPS) is 16.9. The van der Waals surface area contributed by atoms with Crippen LogP contribution in [0.1, 0.15) is 24.3 Å². The number of aliphatic hydroxyl groups excluding tert-OH is 1. The molecule has 0 spiro atoms. The van der Waals surface area contributed by atoms with Crippen LogP contribution < -0.4 is 39.4 Å². The summed E-state index contributed by atoms with van der Waals surface area (Å²) in [5, 5.41) is 21.2. The van der Waals surface area contributed by atoms with Gasteiger partial charge in [0.2, 0.25) is 5.89 Å². The summed E-state index contributed by atoms with van der Waals surface area (Å²) in [6.45, 7) is -0.502. The third kappa shape index (κ3) is 6.59. The Hall–Kier alpha value is -3.16. The topological polar surface area (TPSA) is 95.6 Å². The van der Waals surface area contributed by atoms with Crippen LogP contribution in [0.4, 0.5) is 0 Å². The Labute approximate surface area is 237 Å². The second-order valence-electron chi connectivity index (χ2n) is 8.92. The molecule has 1 aromatic heterocycles. The maximum atomic E-state index is 10.8. The van der Waals surface area contributed by atoms with Gasteiger partial charge >= 0.3 is 29.6 Å². The molecular weight excluding hydrogens is 477 g/mol. The molecule has 0 unspecified atom stereocenters. The van der Waals surface area contributed by atoms with Crippen molar-refractivity contribution < 1.29 is 53.7 Å². The van der Waals surface area contributed by atoms with Gasteiger partial charge in [0, 0.05) is 16.7 Å². The monoisotopic (exact) mass is 503 g/mol. The Morgan fingerprint density at radius 3 is 2.41 bits per heavy atom. The van der Waals surface area contributed by atoms with Gasteiger partial charge in [-0.15, -0.1) is 0 Å². The summed E-state index contributed by atoms with van der Waals surface area (Å²) >= 11 is 0. The molecule has 37 heavy (non-hydrogen) atoms. The number of rotatable bonds is 8. The third-order valence-corrected chi connectivity index (χ3v) is 6.30. The minimum atomic E-state index is -1.27.